The van der Waals surface area contributed by atoms with Gasteiger partial charge in [-0.05, 0) is 103 Å². The van der Waals surface area contributed by atoms with Gasteiger partial charge in [0.25, 0.3) is 6.29 Å². The van der Waals surface area contributed by atoms with E-state index in [2.05, 4.69) is 135 Å². The number of unbranched alkanes of at least 4 members (excludes halogenated alkanes) is 26. The molecule has 0 aromatic rings. The molecule has 474 valence electrons. The Kier molecular flexibility index (Phi) is 60.4. The number of ether oxygens (including phenoxy) is 4. The summed E-state index contributed by atoms with van der Waals surface area (Å²) >= 11 is 0. The number of aliphatic carboxylic acids is 1. The van der Waals surface area contributed by atoms with Crippen LogP contribution in [0.15, 0.2) is 122 Å². The molecule has 0 saturated carbocycles. The molecule has 0 aliphatic rings. The number of rotatable bonds is 61. The zero-order valence-electron chi connectivity index (χ0n) is 54.1. The van der Waals surface area contributed by atoms with Gasteiger partial charge in [0, 0.05) is 12.8 Å². The third kappa shape index (κ3) is 65.1. The lowest BCUT2D eigenvalue weighted by atomic mass is 10.0. The lowest BCUT2D eigenvalue weighted by Gasteiger charge is -2.25. The van der Waals surface area contributed by atoms with Crippen molar-refractivity contribution in [3.63, 3.8) is 0 Å². The van der Waals surface area contributed by atoms with Crippen LogP contribution in [0.2, 0.25) is 0 Å². The minimum Gasteiger partial charge on any atom is -0.477 e. The molecule has 9 nitrogen and oxygen atoms in total. The van der Waals surface area contributed by atoms with Crippen molar-refractivity contribution in [2.45, 2.75) is 283 Å². The Balaban J connectivity index is 4.16. The Hall–Kier alpha value is -4.31. The van der Waals surface area contributed by atoms with Crippen LogP contribution in [0.4, 0.5) is 0 Å². The van der Waals surface area contributed by atoms with E-state index in [9.17, 15) is 19.5 Å². The van der Waals surface area contributed by atoms with Crippen molar-refractivity contribution in [1.82, 2.24) is 0 Å². The van der Waals surface area contributed by atoms with E-state index in [-0.39, 0.29) is 32.2 Å². The molecule has 0 spiro atoms. The molecular formula is C74H126NO8+. The van der Waals surface area contributed by atoms with E-state index in [1.165, 1.54) is 128 Å². The van der Waals surface area contributed by atoms with E-state index in [0.717, 1.165) is 109 Å². The Morgan fingerprint density at radius 2 is 0.651 bits per heavy atom. The first kappa shape index (κ1) is 78.7. The van der Waals surface area contributed by atoms with Crippen molar-refractivity contribution < 1.29 is 42.9 Å². The molecule has 0 aromatic heterocycles. The topological polar surface area (TPSA) is 108 Å². The van der Waals surface area contributed by atoms with Gasteiger partial charge in [-0.3, -0.25) is 9.59 Å². The molecule has 0 aromatic carbocycles. The number of carbonyl (C=O) groups excluding carboxylic acids is 2. The number of hydrogen-bond acceptors (Lipinski definition) is 7. The molecule has 0 aliphatic heterocycles. The number of likely N-dealkylation sites (N-methyl/N-ethyl adjacent to an activating group) is 1. The number of nitrogens with zero attached hydrogens (tertiary/aromatic N) is 1. The molecule has 83 heavy (non-hydrogen) atoms. The van der Waals surface area contributed by atoms with Crippen molar-refractivity contribution in [3.8, 4) is 0 Å². The number of hydrogen-bond donors (Lipinski definition) is 1. The molecule has 9 heteroatoms. The van der Waals surface area contributed by atoms with E-state index >= 15 is 0 Å². The predicted octanol–water partition coefficient (Wildman–Crippen LogP) is 20.8. The monoisotopic (exact) mass is 1160 g/mol. The highest BCUT2D eigenvalue weighted by Crippen LogP contribution is 2.17. The van der Waals surface area contributed by atoms with Crippen LogP contribution in [0.1, 0.15) is 271 Å². The van der Waals surface area contributed by atoms with Crippen molar-refractivity contribution in [1.29, 1.82) is 0 Å². The number of esters is 2. The Morgan fingerprint density at radius 3 is 0.964 bits per heavy atom. The van der Waals surface area contributed by atoms with Gasteiger partial charge in [0.05, 0.1) is 34.4 Å². The lowest BCUT2D eigenvalue weighted by Crippen LogP contribution is -2.40. The standard InChI is InChI=1S/C74H125NO8/c1-6-8-10-12-14-16-18-20-22-24-26-28-30-32-34-35-36-37-39-40-42-44-46-48-50-52-54-56-58-60-62-64-71(76)81-68-70(69-82-74(73(78)79)80-67-66-75(3,4)5)83-72(77)65-63-61-59-57-55-53-51-49-47-45-43-41-38-33-31-29-27-25-23-21-19-17-15-13-11-9-7-2/h8-11,14-17,20-23,26-29,33,38,43,45,70,74H,6-7,12-13,18-19,24-25,30-32,34-37,39-42,44,46-69H2,1-5H3/p+1/b10-8-,11-9-,16-14-,17-15-,22-20-,23-21-,28-26-,29-27-,38-33-,45-43-. The first-order chi connectivity index (χ1) is 40.6. The highest BCUT2D eigenvalue weighted by molar-refractivity contribution is 5.71. The zero-order chi connectivity index (χ0) is 60.5. The molecule has 0 fully saturated rings. The average Bonchev–Trinajstić information content (AvgIpc) is 3.46. The fraction of sp³-hybridized carbons (Fsp3) is 0.689. The van der Waals surface area contributed by atoms with Gasteiger partial charge in [0.2, 0.25) is 0 Å². The summed E-state index contributed by atoms with van der Waals surface area (Å²) in [6.45, 7) is 4.65. The van der Waals surface area contributed by atoms with Gasteiger partial charge in [0.1, 0.15) is 13.2 Å². The molecule has 0 radical (unpaired) electrons. The van der Waals surface area contributed by atoms with E-state index in [1.54, 1.807) is 0 Å². The maximum atomic E-state index is 12.9. The van der Waals surface area contributed by atoms with Crippen molar-refractivity contribution >= 4 is 17.9 Å². The third-order valence-electron chi connectivity index (χ3n) is 14.2. The lowest BCUT2D eigenvalue weighted by molar-refractivity contribution is -0.870. The van der Waals surface area contributed by atoms with Crippen LogP contribution < -0.4 is 0 Å². The molecule has 2 unspecified atom stereocenters. The fourth-order valence-corrected chi connectivity index (χ4v) is 9.13. The largest absolute Gasteiger partial charge is 0.477 e. The van der Waals surface area contributed by atoms with Gasteiger partial charge < -0.3 is 28.5 Å². The molecule has 0 saturated heterocycles. The summed E-state index contributed by atoms with van der Waals surface area (Å²) in [5.41, 5.74) is 0. The van der Waals surface area contributed by atoms with Crippen LogP contribution in [-0.2, 0) is 33.3 Å². The SMILES string of the molecule is CC/C=C\C/C=C\C/C=C\C/C=C\C/C=C\C/C=C\CCCCCCCCCCC(=O)OC(COC(=O)CCCCCCCCCCCCCCCCCCCC/C=C\C/C=C\C/C=C\C/C=C\CC)COC(OCC[N+](C)(C)C)C(=O)O. The second-order valence-electron chi connectivity index (χ2n) is 23.4. The number of carboxylic acids is 1. The summed E-state index contributed by atoms with van der Waals surface area (Å²) < 4.78 is 23.0. The summed E-state index contributed by atoms with van der Waals surface area (Å²) in [6.07, 6.45) is 87.3. The van der Waals surface area contributed by atoms with E-state index in [4.69, 9.17) is 18.9 Å². The number of carboxylic acid groups (broad SMARTS) is 1. The predicted molar refractivity (Wildman–Crippen MR) is 354 cm³/mol. The number of allylic oxidation sites excluding steroid dienone is 20. The first-order valence-electron chi connectivity index (χ1n) is 33.7. The molecule has 0 heterocycles. The maximum absolute atomic E-state index is 12.9. The third-order valence-corrected chi connectivity index (χ3v) is 14.2. The Bertz CT molecular complexity index is 1780. The molecule has 1 N–H and O–H groups in total. The van der Waals surface area contributed by atoms with Gasteiger partial charge in [-0.25, -0.2) is 4.79 Å². The van der Waals surface area contributed by atoms with Crippen LogP contribution in [0.5, 0.6) is 0 Å². The molecule has 0 bridgehead atoms. The van der Waals surface area contributed by atoms with Crippen LogP contribution in [0.3, 0.4) is 0 Å². The molecule has 2 atom stereocenters. The number of carbonyl (C=O) groups is 3. The maximum Gasteiger partial charge on any atom is 0.361 e. The minimum absolute atomic E-state index is 0.181. The molecule has 0 aliphatic carbocycles. The molecule has 0 amide bonds. The van der Waals surface area contributed by atoms with Crippen molar-refractivity contribution in [2.24, 2.45) is 0 Å². The van der Waals surface area contributed by atoms with Crippen molar-refractivity contribution in [3.05, 3.63) is 122 Å². The summed E-state index contributed by atoms with van der Waals surface area (Å²) in [5, 5.41) is 9.74. The highest BCUT2D eigenvalue weighted by Gasteiger charge is 2.25. The van der Waals surface area contributed by atoms with Crippen molar-refractivity contribution in [2.75, 3.05) is 47.5 Å². The summed E-state index contributed by atoms with van der Waals surface area (Å²) in [7, 11) is 5.97. The van der Waals surface area contributed by atoms with Crippen LogP contribution in [0, 0.1) is 0 Å². The second kappa shape index (κ2) is 63.7. The van der Waals surface area contributed by atoms with Gasteiger partial charge >= 0.3 is 17.9 Å². The van der Waals surface area contributed by atoms with E-state index in [0.29, 0.717) is 23.9 Å². The van der Waals surface area contributed by atoms with Gasteiger partial charge in [-0.1, -0.05) is 277 Å². The van der Waals surface area contributed by atoms with Crippen LogP contribution in [0.25, 0.3) is 0 Å². The first-order valence-corrected chi connectivity index (χ1v) is 33.7. The van der Waals surface area contributed by atoms with E-state index in [1.807, 2.05) is 21.1 Å². The van der Waals surface area contributed by atoms with Gasteiger partial charge in [-0.15, -0.1) is 0 Å². The normalized spacial score (nSPS) is 13.5. The van der Waals surface area contributed by atoms with E-state index < -0.39 is 24.3 Å². The summed E-state index contributed by atoms with van der Waals surface area (Å²) in [6, 6.07) is 0. The van der Waals surface area contributed by atoms with Crippen LogP contribution in [-0.4, -0.2) is 87.4 Å². The average molecular weight is 1160 g/mol. The highest BCUT2D eigenvalue weighted by atomic mass is 16.7. The molecule has 0 rings (SSSR count). The van der Waals surface area contributed by atoms with Crippen LogP contribution >= 0.6 is 0 Å². The Morgan fingerprint density at radius 1 is 0.361 bits per heavy atom. The second-order valence-corrected chi connectivity index (χ2v) is 23.4. The fourth-order valence-electron chi connectivity index (χ4n) is 9.13. The number of quaternary nitrogens is 1. The van der Waals surface area contributed by atoms with Gasteiger partial charge in [-0.2, -0.15) is 0 Å². The summed E-state index contributed by atoms with van der Waals surface area (Å²) in [5.74, 6) is -2.02. The smallest absolute Gasteiger partial charge is 0.361 e. The Labute approximate surface area is 510 Å². The minimum atomic E-state index is -1.52. The molecular weight excluding hydrogens is 1030 g/mol. The quantitative estimate of drug-likeness (QED) is 0.0211. The summed E-state index contributed by atoms with van der Waals surface area (Å²) in [4.78, 5) is 37.6. The van der Waals surface area contributed by atoms with Gasteiger partial charge in [0.15, 0.2) is 6.10 Å². The zero-order valence-corrected chi connectivity index (χ0v) is 54.1.